The van der Waals surface area contributed by atoms with Crippen LogP contribution in [0.15, 0.2) is 146 Å². The Morgan fingerprint density at radius 3 is 1.98 bits per heavy atom. The van der Waals surface area contributed by atoms with Gasteiger partial charge in [-0.05, 0) is 60.2 Å². The van der Waals surface area contributed by atoms with Gasteiger partial charge in [0.15, 0.2) is 0 Å². The van der Waals surface area contributed by atoms with Gasteiger partial charge in [0, 0.05) is 28.1 Å². The highest BCUT2D eigenvalue weighted by molar-refractivity contribution is 6.11. The van der Waals surface area contributed by atoms with E-state index in [0.717, 1.165) is 38.6 Å². The van der Waals surface area contributed by atoms with Crippen molar-refractivity contribution < 1.29 is 8.83 Å². The normalized spacial score (nSPS) is 11.9. The summed E-state index contributed by atoms with van der Waals surface area (Å²) in [5.41, 5.74) is 6.45. The van der Waals surface area contributed by atoms with E-state index in [2.05, 4.69) is 59.2 Å². The van der Waals surface area contributed by atoms with Crippen LogP contribution in [0.3, 0.4) is 0 Å². The molecular weight excluding hydrogens is 534 g/mol. The summed E-state index contributed by atoms with van der Waals surface area (Å²) in [6, 6.07) is 41.1. The predicted octanol–water partition coefficient (Wildman–Crippen LogP) is 8.97. The molecule has 202 valence electrons. The fourth-order valence-electron chi connectivity index (χ4n) is 6.40. The number of hydrogen-bond acceptors (Lipinski definition) is 4. The third-order valence-corrected chi connectivity index (χ3v) is 8.39. The first kappa shape index (κ1) is 23.7. The molecule has 0 fully saturated rings. The van der Waals surface area contributed by atoms with Crippen molar-refractivity contribution in [3.63, 3.8) is 0 Å². The largest absolute Gasteiger partial charge is 0.456 e. The maximum Gasteiger partial charge on any atom is 0.200 e. The smallest absolute Gasteiger partial charge is 0.200 e. The average Bonchev–Trinajstić information content (AvgIpc) is 3.38. The zero-order valence-electron chi connectivity index (χ0n) is 22.7. The Bertz CT molecular complexity index is 2710. The summed E-state index contributed by atoms with van der Waals surface area (Å²) < 4.78 is 14.8. The van der Waals surface area contributed by atoms with E-state index in [9.17, 15) is 9.59 Å². The van der Waals surface area contributed by atoms with E-state index in [4.69, 9.17) is 8.83 Å². The van der Waals surface area contributed by atoms with Crippen LogP contribution in [0.4, 0.5) is 0 Å². The quantitative estimate of drug-likeness (QED) is 0.200. The molecule has 9 aromatic rings. The molecule has 0 saturated heterocycles. The number of benzene rings is 6. The topological polar surface area (TPSA) is 65.3 Å². The van der Waals surface area contributed by atoms with E-state index < -0.39 is 0 Å². The molecule has 0 bridgehead atoms. The van der Waals surface area contributed by atoms with Crippen molar-refractivity contribution in [1.82, 2.24) is 4.57 Å². The standard InChI is InChI=1S/C38H21NO4/c40-36-26-12-5-7-16-33(26)42-34-21-35-30(20-29(34)36)37(41)27-14-8-13-24(38(27)43-35)22-17-18-32-28(19-22)25-11-4-6-15-31(25)39(32)23-9-2-1-3-10-23/h1-21H. The lowest BCUT2D eigenvalue weighted by atomic mass is 9.99. The highest BCUT2D eigenvalue weighted by atomic mass is 16.3. The van der Waals surface area contributed by atoms with Crippen molar-refractivity contribution >= 4 is 65.7 Å². The maximum absolute atomic E-state index is 13.8. The SMILES string of the molecule is O=c1c2ccccc2oc2cc3oc4c(-c5ccc6c(c5)c5ccccc5n6-c5ccccc5)cccc4c(=O)c3cc12. The summed E-state index contributed by atoms with van der Waals surface area (Å²) in [6.45, 7) is 0. The van der Waals surface area contributed by atoms with Crippen molar-refractivity contribution in [2.24, 2.45) is 0 Å². The molecular formula is C38H21NO4. The molecule has 9 rings (SSSR count). The first-order valence-corrected chi connectivity index (χ1v) is 14.1. The molecule has 0 saturated carbocycles. The van der Waals surface area contributed by atoms with E-state index in [1.54, 1.807) is 36.4 Å². The Labute approximate surface area is 243 Å². The summed E-state index contributed by atoms with van der Waals surface area (Å²) in [6.07, 6.45) is 0. The van der Waals surface area contributed by atoms with Crippen LogP contribution in [0.2, 0.25) is 0 Å². The number of aromatic nitrogens is 1. The Morgan fingerprint density at radius 1 is 0.442 bits per heavy atom. The molecule has 6 aromatic carbocycles. The van der Waals surface area contributed by atoms with E-state index in [1.165, 1.54) is 0 Å². The predicted molar refractivity (Wildman–Crippen MR) is 173 cm³/mol. The lowest BCUT2D eigenvalue weighted by molar-refractivity contribution is 0.647. The Kier molecular flexibility index (Phi) is 4.85. The van der Waals surface area contributed by atoms with Gasteiger partial charge in [0.05, 0.1) is 32.6 Å². The van der Waals surface area contributed by atoms with Crippen LogP contribution in [0.5, 0.6) is 0 Å². The van der Waals surface area contributed by atoms with Gasteiger partial charge in [0.1, 0.15) is 22.3 Å². The van der Waals surface area contributed by atoms with E-state index >= 15 is 0 Å². The molecule has 5 heteroatoms. The molecule has 0 spiro atoms. The highest BCUT2D eigenvalue weighted by Crippen LogP contribution is 2.37. The van der Waals surface area contributed by atoms with E-state index in [-0.39, 0.29) is 10.9 Å². The minimum absolute atomic E-state index is 0.171. The van der Waals surface area contributed by atoms with Gasteiger partial charge >= 0.3 is 0 Å². The van der Waals surface area contributed by atoms with Crippen molar-refractivity contribution in [1.29, 1.82) is 0 Å². The fourth-order valence-corrected chi connectivity index (χ4v) is 6.40. The van der Waals surface area contributed by atoms with Gasteiger partial charge < -0.3 is 13.4 Å². The third-order valence-electron chi connectivity index (χ3n) is 8.39. The lowest BCUT2D eigenvalue weighted by Gasteiger charge is -2.10. The van der Waals surface area contributed by atoms with Crippen molar-refractivity contribution in [3.05, 3.63) is 148 Å². The first-order chi connectivity index (χ1) is 21.2. The summed E-state index contributed by atoms with van der Waals surface area (Å²) in [4.78, 5) is 27.1. The molecule has 0 aliphatic carbocycles. The number of hydrogen-bond donors (Lipinski definition) is 0. The number of rotatable bonds is 2. The molecule has 5 nitrogen and oxygen atoms in total. The van der Waals surface area contributed by atoms with Crippen LogP contribution in [0.1, 0.15) is 0 Å². The maximum atomic E-state index is 13.8. The van der Waals surface area contributed by atoms with Crippen LogP contribution >= 0.6 is 0 Å². The molecule has 0 N–H and O–H groups in total. The molecule has 43 heavy (non-hydrogen) atoms. The van der Waals surface area contributed by atoms with Gasteiger partial charge in [-0.2, -0.15) is 0 Å². The molecule has 0 atom stereocenters. The van der Waals surface area contributed by atoms with Gasteiger partial charge in [0.25, 0.3) is 0 Å². The number of nitrogens with zero attached hydrogens (tertiary/aromatic N) is 1. The van der Waals surface area contributed by atoms with Crippen LogP contribution < -0.4 is 10.9 Å². The summed E-state index contributed by atoms with van der Waals surface area (Å²) in [7, 11) is 0. The first-order valence-electron chi connectivity index (χ1n) is 14.1. The van der Waals surface area contributed by atoms with E-state index in [1.807, 2.05) is 36.4 Å². The lowest BCUT2D eigenvalue weighted by Crippen LogP contribution is -2.06. The molecule has 0 radical (unpaired) electrons. The Morgan fingerprint density at radius 2 is 1.12 bits per heavy atom. The van der Waals surface area contributed by atoms with Gasteiger partial charge in [0.2, 0.25) is 10.9 Å². The van der Waals surface area contributed by atoms with Gasteiger partial charge in [-0.3, -0.25) is 9.59 Å². The van der Waals surface area contributed by atoms with E-state index in [0.29, 0.717) is 43.9 Å². The minimum Gasteiger partial charge on any atom is -0.456 e. The second kappa shape index (κ2) is 8.78. The molecule has 0 amide bonds. The number of para-hydroxylation sites is 4. The Hall–Kier alpha value is -5.94. The zero-order chi connectivity index (χ0) is 28.7. The van der Waals surface area contributed by atoms with Crippen molar-refractivity contribution in [2.45, 2.75) is 0 Å². The minimum atomic E-state index is -0.186. The molecule has 0 aliphatic heterocycles. The summed E-state index contributed by atoms with van der Waals surface area (Å²) in [5.74, 6) is 0. The van der Waals surface area contributed by atoms with Gasteiger partial charge in [-0.15, -0.1) is 0 Å². The Balaban J connectivity index is 1.31. The molecule has 0 aliphatic rings. The summed E-state index contributed by atoms with van der Waals surface area (Å²) >= 11 is 0. The number of fused-ring (bicyclic) bond motifs is 7. The van der Waals surface area contributed by atoms with Gasteiger partial charge in [-0.25, -0.2) is 0 Å². The monoisotopic (exact) mass is 555 g/mol. The van der Waals surface area contributed by atoms with Crippen LogP contribution in [-0.4, -0.2) is 4.57 Å². The van der Waals surface area contributed by atoms with Crippen molar-refractivity contribution in [2.75, 3.05) is 0 Å². The second-order valence-corrected chi connectivity index (χ2v) is 10.8. The second-order valence-electron chi connectivity index (χ2n) is 10.8. The van der Waals surface area contributed by atoms with Crippen molar-refractivity contribution in [3.8, 4) is 16.8 Å². The average molecular weight is 556 g/mol. The fraction of sp³-hybridized carbons (Fsp3) is 0. The molecule has 3 heterocycles. The highest BCUT2D eigenvalue weighted by Gasteiger charge is 2.18. The molecule has 3 aromatic heterocycles. The van der Waals surface area contributed by atoms with Crippen LogP contribution in [-0.2, 0) is 0 Å². The van der Waals surface area contributed by atoms with Gasteiger partial charge in [-0.1, -0.05) is 66.7 Å². The van der Waals surface area contributed by atoms with Crippen LogP contribution in [0.25, 0.3) is 82.5 Å². The van der Waals surface area contributed by atoms with Crippen LogP contribution in [0, 0.1) is 0 Å². The summed E-state index contributed by atoms with van der Waals surface area (Å²) in [5, 5.41) is 3.89. The zero-order valence-corrected chi connectivity index (χ0v) is 22.7. The third kappa shape index (κ3) is 3.39. The molecule has 0 unspecified atom stereocenters.